The number of phenols is 1. The number of carbonyl (C=O) groups is 3. The molecule has 3 amide bonds. The molecule has 0 saturated carbocycles. The number of aromatic hydroxyl groups is 1. The predicted molar refractivity (Wildman–Crippen MR) is 81.7 cm³/mol. The molecule has 0 radical (unpaired) electrons. The van der Waals surface area contributed by atoms with Gasteiger partial charge in [-0.1, -0.05) is 24.3 Å². The average molecular weight is 310 g/mol. The summed E-state index contributed by atoms with van der Waals surface area (Å²) in [7, 11) is 0. The summed E-state index contributed by atoms with van der Waals surface area (Å²) in [6.45, 7) is 0. The van der Waals surface area contributed by atoms with Crippen molar-refractivity contribution in [2.45, 2.75) is 12.5 Å². The Morgan fingerprint density at radius 1 is 1.00 bits per heavy atom. The minimum absolute atomic E-state index is 0.0881. The summed E-state index contributed by atoms with van der Waals surface area (Å²) in [5, 5.41) is 9.30. The van der Waals surface area contributed by atoms with E-state index >= 15 is 0 Å². The van der Waals surface area contributed by atoms with E-state index < -0.39 is 23.8 Å². The van der Waals surface area contributed by atoms with Crippen LogP contribution in [0.15, 0.2) is 48.5 Å². The summed E-state index contributed by atoms with van der Waals surface area (Å²) in [5.41, 5.74) is 6.65. The van der Waals surface area contributed by atoms with Crippen LogP contribution in [-0.4, -0.2) is 33.8 Å². The molecule has 116 valence electrons. The van der Waals surface area contributed by atoms with Crippen LogP contribution in [0.4, 0.5) is 0 Å². The fourth-order valence-corrected chi connectivity index (χ4v) is 2.67. The molecule has 2 aromatic rings. The summed E-state index contributed by atoms with van der Waals surface area (Å²) in [4.78, 5) is 37.7. The zero-order valence-electron chi connectivity index (χ0n) is 12.1. The Labute approximate surface area is 132 Å². The Kier molecular flexibility index (Phi) is 3.57. The van der Waals surface area contributed by atoms with Gasteiger partial charge in [0.15, 0.2) is 0 Å². The van der Waals surface area contributed by atoms with Crippen molar-refractivity contribution in [2.75, 3.05) is 0 Å². The second-order valence-electron chi connectivity index (χ2n) is 5.31. The van der Waals surface area contributed by atoms with E-state index in [4.69, 9.17) is 5.73 Å². The lowest BCUT2D eigenvalue weighted by atomic mass is 10.0. The van der Waals surface area contributed by atoms with Gasteiger partial charge in [-0.15, -0.1) is 0 Å². The average Bonchev–Trinajstić information content (AvgIpc) is 2.79. The second kappa shape index (κ2) is 5.57. The Balaban J connectivity index is 1.94. The van der Waals surface area contributed by atoms with Crippen LogP contribution >= 0.6 is 0 Å². The molecular weight excluding hydrogens is 296 g/mol. The predicted octanol–water partition coefficient (Wildman–Crippen LogP) is 1.08. The minimum atomic E-state index is -1.08. The highest BCUT2D eigenvalue weighted by Crippen LogP contribution is 2.26. The van der Waals surface area contributed by atoms with Gasteiger partial charge in [0, 0.05) is 6.42 Å². The molecular formula is C17H14N2O4. The molecule has 0 aliphatic carbocycles. The molecule has 23 heavy (non-hydrogen) atoms. The lowest BCUT2D eigenvalue weighted by Gasteiger charge is -2.23. The summed E-state index contributed by atoms with van der Waals surface area (Å²) < 4.78 is 0. The maximum atomic E-state index is 12.5. The van der Waals surface area contributed by atoms with Gasteiger partial charge in [0.25, 0.3) is 11.8 Å². The molecule has 1 aliphatic heterocycles. The first-order chi connectivity index (χ1) is 11.0. The van der Waals surface area contributed by atoms with Gasteiger partial charge in [-0.3, -0.25) is 19.3 Å². The second-order valence-corrected chi connectivity index (χ2v) is 5.31. The van der Waals surface area contributed by atoms with Crippen molar-refractivity contribution in [1.82, 2.24) is 4.90 Å². The molecule has 1 heterocycles. The first-order valence-electron chi connectivity index (χ1n) is 7.03. The van der Waals surface area contributed by atoms with E-state index in [1.165, 1.54) is 12.1 Å². The number of imide groups is 1. The highest BCUT2D eigenvalue weighted by Gasteiger charge is 2.41. The van der Waals surface area contributed by atoms with E-state index in [0.717, 1.165) is 4.90 Å². The standard InChI is InChI=1S/C17H14N2O4/c18-15(21)14(9-10-5-7-11(20)8-6-10)19-16(22)12-3-1-2-4-13(12)17(19)23/h1-8,14,20H,9H2,(H2,18,21). The zero-order chi connectivity index (χ0) is 16.6. The van der Waals surface area contributed by atoms with Crippen molar-refractivity contribution >= 4 is 17.7 Å². The number of nitrogens with zero attached hydrogens (tertiary/aromatic N) is 1. The number of rotatable bonds is 4. The number of amides is 3. The molecule has 6 heteroatoms. The number of primary amides is 1. The summed E-state index contributed by atoms with van der Waals surface area (Å²) in [5.74, 6) is -1.71. The topological polar surface area (TPSA) is 101 Å². The Hall–Kier alpha value is -3.15. The van der Waals surface area contributed by atoms with Crippen LogP contribution in [0.2, 0.25) is 0 Å². The molecule has 2 aromatic carbocycles. The van der Waals surface area contributed by atoms with Gasteiger partial charge in [0.2, 0.25) is 5.91 Å². The highest BCUT2D eigenvalue weighted by atomic mass is 16.3. The van der Waals surface area contributed by atoms with Gasteiger partial charge in [0.1, 0.15) is 11.8 Å². The van der Waals surface area contributed by atoms with Crippen molar-refractivity contribution in [2.24, 2.45) is 5.73 Å². The molecule has 1 aliphatic rings. The Morgan fingerprint density at radius 3 is 2.00 bits per heavy atom. The maximum absolute atomic E-state index is 12.5. The molecule has 0 fully saturated rings. The van der Waals surface area contributed by atoms with Gasteiger partial charge in [-0.2, -0.15) is 0 Å². The van der Waals surface area contributed by atoms with Crippen molar-refractivity contribution in [3.8, 4) is 5.75 Å². The van der Waals surface area contributed by atoms with E-state index in [2.05, 4.69) is 0 Å². The van der Waals surface area contributed by atoms with Crippen molar-refractivity contribution in [3.05, 3.63) is 65.2 Å². The number of nitrogens with two attached hydrogens (primary N) is 1. The minimum Gasteiger partial charge on any atom is -0.508 e. The first-order valence-corrected chi connectivity index (χ1v) is 7.03. The van der Waals surface area contributed by atoms with Gasteiger partial charge in [0.05, 0.1) is 11.1 Å². The molecule has 3 N–H and O–H groups in total. The Bertz CT molecular complexity index is 763. The van der Waals surface area contributed by atoms with Gasteiger partial charge in [-0.05, 0) is 29.8 Å². The SMILES string of the molecule is NC(=O)C(Cc1ccc(O)cc1)N1C(=O)c2ccccc2C1=O. The molecule has 0 aromatic heterocycles. The van der Waals surface area contributed by atoms with E-state index in [1.807, 2.05) is 0 Å². The fraction of sp³-hybridized carbons (Fsp3) is 0.118. The van der Waals surface area contributed by atoms with E-state index in [9.17, 15) is 19.5 Å². The number of phenolic OH excluding ortho intramolecular Hbond substituents is 1. The van der Waals surface area contributed by atoms with E-state index in [1.54, 1.807) is 36.4 Å². The smallest absolute Gasteiger partial charge is 0.262 e. The number of hydrogen-bond acceptors (Lipinski definition) is 4. The summed E-state index contributed by atoms with van der Waals surface area (Å²) in [6.07, 6.45) is 0.0983. The monoisotopic (exact) mass is 310 g/mol. The molecule has 0 bridgehead atoms. The molecule has 0 saturated heterocycles. The van der Waals surface area contributed by atoms with Gasteiger partial charge < -0.3 is 10.8 Å². The first kappa shape index (κ1) is 14.8. The van der Waals surface area contributed by atoms with Crippen LogP contribution in [0, 0.1) is 0 Å². The maximum Gasteiger partial charge on any atom is 0.262 e. The normalized spacial score (nSPS) is 14.7. The van der Waals surface area contributed by atoms with Crippen LogP contribution in [0.5, 0.6) is 5.75 Å². The van der Waals surface area contributed by atoms with E-state index in [0.29, 0.717) is 5.56 Å². The number of carbonyl (C=O) groups excluding carboxylic acids is 3. The lowest BCUT2D eigenvalue weighted by molar-refractivity contribution is -0.121. The van der Waals surface area contributed by atoms with Crippen molar-refractivity contribution in [1.29, 1.82) is 0 Å². The fourth-order valence-electron chi connectivity index (χ4n) is 2.67. The third kappa shape index (κ3) is 2.55. The third-order valence-electron chi connectivity index (χ3n) is 3.83. The van der Waals surface area contributed by atoms with Crippen LogP contribution in [0.3, 0.4) is 0 Å². The molecule has 6 nitrogen and oxygen atoms in total. The Morgan fingerprint density at radius 2 is 1.52 bits per heavy atom. The van der Waals surface area contributed by atoms with Crippen molar-refractivity contribution in [3.63, 3.8) is 0 Å². The number of fused-ring (bicyclic) bond motifs is 1. The van der Waals surface area contributed by atoms with Crippen LogP contribution < -0.4 is 5.73 Å². The van der Waals surface area contributed by atoms with Crippen LogP contribution in [0.1, 0.15) is 26.3 Å². The quantitative estimate of drug-likeness (QED) is 0.825. The summed E-state index contributed by atoms with van der Waals surface area (Å²) >= 11 is 0. The van der Waals surface area contributed by atoms with Crippen LogP contribution in [-0.2, 0) is 11.2 Å². The zero-order valence-corrected chi connectivity index (χ0v) is 12.1. The van der Waals surface area contributed by atoms with Crippen molar-refractivity contribution < 1.29 is 19.5 Å². The van der Waals surface area contributed by atoms with Gasteiger partial charge in [-0.25, -0.2) is 0 Å². The number of benzene rings is 2. The summed E-state index contributed by atoms with van der Waals surface area (Å²) in [6, 6.07) is 11.5. The molecule has 1 atom stereocenters. The van der Waals surface area contributed by atoms with E-state index in [-0.39, 0.29) is 23.3 Å². The molecule has 0 spiro atoms. The lowest BCUT2D eigenvalue weighted by Crippen LogP contribution is -2.49. The van der Waals surface area contributed by atoms with Crippen LogP contribution in [0.25, 0.3) is 0 Å². The number of hydrogen-bond donors (Lipinski definition) is 2. The largest absolute Gasteiger partial charge is 0.508 e. The van der Waals surface area contributed by atoms with Gasteiger partial charge >= 0.3 is 0 Å². The highest BCUT2D eigenvalue weighted by molar-refractivity contribution is 6.22. The molecule has 1 unspecified atom stereocenters. The molecule has 3 rings (SSSR count). The third-order valence-corrected chi connectivity index (χ3v) is 3.83.